The molecule has 0 aromatic carbocycles. The van der Waals surface area contributed by atoms with Crippen molar-refractivity contribution in [3.8, 4) is 0 Å². The molecule has 0 aromatic heterocycles. The first-order valence-electron chi connectivity index (χ1n) is 0. The Kier molecular flexibility index (Phi) is 3540. The molecule has 0 aliphatic rings. The minimum Gasteiger partial charge on any atom is -2.00 e. The summed E-state index contributed by atoms with van der Waals surface area (Å²) >= 11 is 0. The van der Waals surface area contributed by atoms with Crippen molar-refractivity contribution < 1.29 is 92.6 Å². The van der Waals surface area contributed by atoms with Crippen LogP contribution >= 0.6 is 0 Å². The molecule has 0 heterocycles. The number of hydrogen-bond donors (Lipinski definition) is 0. The third kappa shape index (κ3) is 96.8. The van der Waals surface area contributed by atoms with Gasteiger partial charge in [0.05, 0.1) is 0 Å². The van der Waals surface area contributed by atoms with Gasteiger partial charge in [0.15, 0.2) is 0 Å². The molecule has 0 rings (SSSR count). The van der Waals surface area contributed by atoms with E-state index in [1.807, 2.05) is 0 Å². The van der Waals surface area contributed by atoms with Gasteiger partial charge in [0.2, 0.25) is 0 Å². The van der Waals surface area contributed by atoms with E-state index in [4.69, 9.17) is 0 Å². The second-order valence-corrected chi connectivity index (χ2v) is 0. The summed E-state index contributed by atoms with van der Waals surface area (Å²) in [7, 11) is 0. The smallest absolute Gasteiger partial charge is 2.00 e. The molecule has 0 saturated carbocycles. The van der Waals surface area contributed by atoms with E-state index in [2.05, 4.69) is 0 Å². The summed E-state index contributed by atoms with van der Waals surface area (Å²) in [6.45, 7) is 0. The summed E-state index contributed by atoms with van der Waals surface area (Å²) < 4.78 is 0. The summed E-state index contributed by atoms with van der Waals surface area (Å²) in [5.74, 6) is 0. The molecule has 0 aliphatic heterocycles. The van der Waals surface area contributed by atoms with E-state index in [0.717, 1.165) is 0 Å². The molecule has 8 heavy (non-hydrogen) atoms. The average Bonchev–Trinajstić information content (AvgIpc) is 0. The van der Waals surface area contributed by atoms with Crippen molar-refractivity contribution in [3.63, 3.8) is 0 Å². The number of hydrogen-bond acceptors (Lipinski definition) is 0. The van der Waals surface area contributed by atoms with Gasteiger partial charge in [-0.1, -0.05) is 0 Å². The van der Waals surface area contributed by atoms with Crippen molar-refractivity contribution in [2.24, 2.45) is 0 Å². The Morgan fingerprint density at radius 3 is 0.625 bits per heavy atom. The van der Waals surface area contributed by atoms with Crippen LogP contribution in [0.3, 0.4) is 0 Å². The molecule has 52 valence electrons. The molecule has 0 fully saturated rings. The third-order valence-corrected chi connectivity index (χ3v) is 0. The van der Waals surface area contributed by atoms with Gasteiger partial charge < -0.3 is 21.9 Å². The second-order valence-electron chi connectivity index (χ2n) is 0. The second kappa shape index (κ2) is 142. The van der Waals surface area contributed by atoms with Crippen molar-refractivity contribution in [3.05, 3.63) is 0 Å². The summed E-state index contributed by atoms with van der Waals surface area (Å²) in [6.07, 6.45) is 0. The van der Waals surface area contributed by atoms with Crippen LogP contribution in [0.4, 0.5) is 0 Å². The van der Waals surface area contributed by atoms with Crippen molar-refractivity contribution in [1.82, 2.24) is 0 Å². The van der Waals surface area contributed by atoms with Gasteiger partial charge in [-0.25, -0.2) is 0 Å². The first kappa shape index (κ1) is 200. The van der Waals surface area contributed by atoms with E-state index < -0.39 is 0 Å². The van der Waals surface area contributed by atoms with Crippen molar-refractivity contribution in [2.75, 3.05) is 0 Å². The summed E-state index contributed by atoms with van der Waals surface area (Å²) in [6, 6.07) is 0. The zero-order valence-electron chi connectivity index (χ0n) is 3.37. The van der Waals surface area contributed by atoms with E-state index in [9.17, 15) is 0 Å². The van der Waals surface area contributed by atoms with Crippen LogP contribution in [0.5, 0.6) is 0 Å². The Bertz CT molecular complexity index is 16.0. The van der Waals surface area contributed by atoms with Crippen molar-refractivity contribution in [2.45, 2.75) is 0 Å². The van der Waals surface area contributed by atoms with Crippen molar-refractivity contribution in [1.29, 1.82) is 0 Å². The first-order valence-corrected chi connectivity index (χ1v) is 0. The minimum atomic E-state index is 0. The Morgan fingerprint density at radius 2 is 0.625 bits per heavy atom. The molecule has 4 nitrogen and oxygen atoms in total. The van der Waals surface area contributed by atoms with Crippen LogP contribution in [-0.4, -0.2) is 0 Å². The van der Waals surface area contributed by atoms with Crippen LogP contribution in [0.25, 0.3) is 0 Å². The molecule has 0 unspecified atom stereocenters. The first-order chi connectivity index (χ1) is 0. The zero-order valence-corrected chi connectivity index (χ0v) is 9.57. The van der Waals surface area contributed by atoms with Gasteiger partial charge >= 0.3 is 70.7 Å². The van der Waals surface area contributed by atoms with Crippen LogP contribution in [0.15, 0.2) is 0 Å². The van der Waals surface area contributed by atoms with E-state index in [1.165, 1.54) is 0 Å². The molecule has 2 radical (unpaired) electrons. The maximum Gasteiger partial charge on any atom is 2.00 e. The fourth-order valence-corrected chi connectivity index (χ4v) is 0. The van der Waals surface area contributed by atoms with E-state index in [1.54, 1.807) is 0 Å². The topological polar surface area (TPSA) is 114 Å². The Hall–Kier alpha value is 2.02. The van der Waals surface area contributed by atoms with Crippen LogP contribution in [-0.2, 0) is 92.6 Å². The quantitative estimate of drug-likeness (QED) is 0.538. The SMILES string of the molecule is [Cu+2].[Fe+2].[Mn+2].[O-2].[O-2].[O-2].[O-2].[Zn+2]. The van der Waals surface area contributed by atoms with Crippen LogP contribution in [0.2, 0.25) is 0 Å². The van der Waals surface area contributed by atoms with Gasteiger partial charge in [0.1, 0.15) is 0 Å². The number of rotatable bonds is 0. The fraction of sp³-hybridized carbons (Fsp3) is 0. The monoisotopic (exact) mass is 302 g/mol. The molecular formula is CuFeMnO4Zn. The normalized spacial score (nSPS) is 0. The molecule has 0 aromatic rings. The third-order valence-electron chi connectivity index (χ3n) is 0. The molecule has 0 atom stereocenters. The van der Waals surface area contributed by atoms with Crippen LogP contribution < -0.4 is 0 Å². The minimum absolute atomic E-state index is 0. The maximum absolute atomic E-state index is 0. The van der Waals surface area contributed by atoms with Gasteiger partial charge in [0, 0.05) is 0 Å². The molecular weight excluding hydrogens is 304 g/mol. The Labute approximate surface area is 92.0 Å². The predicted octanol–water partition coefficient (Wildman–Crippen LogP) is -0.485. The molecule has 0 bridgehead atoms. The van der Waals surface area contributed by atoms with E-state index in [0.29, 0.717) is 0 Å². The van der Waals surface area contributed by atoms with Crippen LogP contribution in [0, 0.1) is 0 Å². The average molecular weight is 304 g/mol. The Morgan fingerprint density at radius 1 is 0.625 bits per heavy atom. The molecule has 0 spiro atoms. The molecule has 0 amide bonds. The van der Waals surface area contributed by atoms with Gasteiger partial charge in [-0.15, -0.1) is 0 Å². The molecule has 0 saturated heterocycles. The van der Waals surface area contributed by atoms with Crippen molar-refractivity contribution >= 4 is 0 Å². The van der Waals surface area contributed by atoms with Gasteiger partial charge in [-0.2, -0.15) is 0 Å². The summed E-state index contributed by atoms with van der Waals surface area (Å²) in [5, 5.41) is 0. The summed E-state index contributed by atoms with van der Waals surface area (Å²) in [5.41, 5.74) is 0. The van der Waals surface area contributed by atoms with Gasteiger partial charge in [-0.3, -0.25) is 0 Å². The summed E-state index contributed by atoms with van der Waals surface area (Å²) in [4.78, 5) is 0. The molecule has 0 aliphatic carbocycles. The van der Waals surface area contributed by atoms with Crippen LogP contribution in [0.1, 0.15) is 0 Å². The van der Waals surface area contributed by atoms with E-state index in [-0.39, 0.29) is 92.6 Å². The van der Waals surface area contributed by atoms with E-state index >= 15 is 0 Å². The predicted molar refractivity (Wildman–Crippen MR) is 2.75 cm³/mol. The Balaban J connectivity index is 0. The fourth-order valence-electron chi connectivity index (χ4n) is 0. The largest absolute Gasteiger partial charge is 2.00 e. The maximum atomic E-state index is 0. The van der Waals surface area contributed by atoms with Gasteiger partial charge in [0.25, 0.3) is 0 Å². The standard InChI is InChI=1S/Cu.Fe.Mn.4O.Zn/q3*+2;4*-2;+2. The molecule has 0 N–H and O–H groups in total. The molecule has 8 heteroatoms. The van der Waals surface area contributed by atoms with Gasteiger partial charge in [-0.05, 0) is 0 Å². The zero-order chi connectivity index (χ0) is 0.